The second kappa shape index (κ2) is 9.52. The quantitative estimate of drug-likeness (QED) is 0.541. The smallest absolute Gasteiger partial charge is 0.328 e. The minimum Gasteiger partial charge on any atom is -0.493 e. The number of nitrogens with one attached hydrogen (secondary N) is 1. The van der Waals surface area contributed by atoms with Crippen molar-refractivity contribution in [3.05, 3.63) is 74.2 Å². The molecule has 0 aliphatic carbocycles. The first-order valence-electron chi connectivity index (χ1n) is 9.82. The number of aliphatic hydroxyl groups is 1. The Kier molecular flexibility index (Phi) is 6.82. The number of nitrogens with zero attached hydrogens (tertiary/aromatic N) is 1. The minimum absolute atomic E-state index is 0.119. The second-order valence-corrected chi connectivity index (χ2v) is 6.93. The van der Waals surface area contributed by atoms with Crippen molar-refractivity contribution in [1.82, 2.24) is 9.55 Å². The topological polar surface area (TPSA) is 84.3 Å². The van der Waals surface area contributed by atoms with Gasteiger partial charge in [-0.05, 0) is 42.7 Å². The van der Waals surface area contributed by atoms with Gasteiger partial charge >= 0.3 is 5.69 Å². The highest BCUT2D eigenvalue weighted by molar-refractivity contribution is 5.84. The third-order valence-corrected chi connectivity index (χ3v) is 4.81. The number of rotatable bonds is 9. The lowest BCUT2D eigenvalue weighted by Crippen LogP contribution is -2.35. The monoisotopic (exact) mass is 400 g/mol. The Morgan fingerprint density at radius 1 is 1.10 bits per heavy atom. The first-order chi connectivity index (χ1) is 14.0. The normalized spacial score (nSPS) is 11.1. The van der Waals surface area contributed by atoms with Crippen molar-refractivity contribution >= 4 is 10.9 Å². The largest absolute Gasteiger partial charge is 0.493 e. The number of aromatic amines is 1. The van der Waals surface area contributed by atoms with Gasteiger partial charge in [0.25, 0.3) is 5.56 Å². The van der Waals surface area contributed by atoms with Crippen LogP contribution in [-0.2, 0) is 13.0 Å². The van der Waals surface area contributed by atoms with Crippen LogP contribution in [0.4, 0.5) is 4.39 Å². The van der Waals surface area contributed by atoms with Gasteiger partial charge in [0.05, 0.1) is 17.5 Å². The van der Waals surface area contributed by atoms with E-state index in [1.165, 1.54) is 12.1 Å². The number of hydrogen-bond donors (Lipinski definition) is 2. The van der Waals surface area contributed by atoms with E-state index in [2.05, 4.69) is 11.9 Å². The zero-order valence-corrected chi connectivity index (χ0v) is 16.4. The van der Waals surface area contributed by atoms with E-state index in [0.717, 1.165) is 23.0 Å². The van der Waals surface area contributed by atoms with E-state index in [0.29, 0.717) is 41.7 Å². The lowest BCUT2D eigenvalue weighted by Gasteiger charge is -2.15. The number of unbranched alkanes of at least 4 members (excludes halogenated alkanes) is 1. The summed E-state index contributed by atoms with van der Waals surface area (Å²) in [5, 5.41) is 9.46. The van der Waals surface area contributed by atoms with Crippen molar-refractivity contribution < 1.29 is 14.2 Å². The van der Waals surface area contributed by atoms with E-state index < -0.39 is 11.2 Å². The van der Waals surface area contributed by atoms with Crippen molar-refractivity contribution in [2.45, 2.75) is 39.2 Å². The van der Waals surface area contributed by atoms with Gasteiger partial charge in [0, 0.05) is 25.1 Å². The van der Waals surface area contributed by atoms with E-state index in [4.69, 9.17) is 9.84 Å². The molecule has 0 amide bonds. The van der Waals surface area contributed by atoms with Crippen LogP contribution in [0.25, 0.3) is 10.9 Å². The molecule has 6 nitrogen and oxygen atoms in total. The van der Waals surface area contributed by atoms with Crippen LogP contribution in [0.2, 0.25) is 0 Å². The van der Waals surface area contributed by atoms with E-state index in [9.17, 15) is 14.0 Å². The molecule has 0 aliphatic heterocycles. The van der Waals surface area contributed by atoms with Crippen molar-refractivity contribution in [1.29, 1.82) is 0 Å². The van der Waals surface area contributed by atoms with Crippen molar-refractivity contribution in [2.24, 2.45) is 0 Å². The molecule has 1 heterocycles. The van der Waals surface area contributed by atoms with Crippen molar-refractivity contribution in [3.63, 3.8) is 0 Å². The van der Waals surface area contributed by atoms with E-state index in [1.807, 2.05) is 0 Å². The zero-order chi connectivity index (χ0) is 20.8. The average molecular weight is 400 g/mol. The van der Waals surface area contributed by atoms with Gasteiger partial charge in [-0.25, -0.2) is 9.18 Å². The van der Waals surface area contributed by atoms with Gasteiger partial charge < -0.3 is 14.8 Å². The summed E-state index contributed by atoms with van der Waals surface area (Å²) in [6.45, 7) is 2.58. The summed E-state index contributed by atoms with van der Waals surface area (Å²) in [6, 6.07) is 9.51. The Balaban J connectivity index is 2.17. The Labute approximate surface area is 167 Å². The number of aromatic nitrogens is 2. The third kappa shape index (κ3) is 4.74. The van der Waals surface area contributed by atoms with Crippen molar-refractivity contribution in [2.75, 3.05) is 13.2 Å². The molecular formula is C22H25FN2O4. The predicted octanol–water partition coefficient (Wildman–Crippen LogP) is 2.98. The van der Waals surface area contributed by atoms with E-state index in [-0.39, 0.29) is 19.0 Å². The SMILES string of the molecule is CCCCOc1ccc2[nH]c(=O)n(CCCO)c(=O)c2c1Cc1ccc(F)cc1. The highest BCUT2D eigenvalue weighted by atomic mass is 19.1. The summed E-state index contributed by atoms with van der Waals surface area (Å²) >= 11 is 0. The van der Waals surface area contributed by atoms with Gasteiger partial charge in [-0.2, -0.15) is 0 Å². The Hall–Kier alpha value is -2.93. The molecule has 0 spiro atoms. The van der Waals surface area contributed by atoms with Gasteiger partial charge in [0.2, 0.25) is 0 Å². The summed E-state index contributed by atoms with van der Waals surface area (Å²) in [5.74, 6) is 0.245. The average Bonchev–Trinajstić information content (AvgIpc) is 2.71. The number of ether oxygens (including phenoxy) is 1. The number of benzene rings is 2. The molecule has 0 aliphatic rings. The molecule has 0 saturated heterocycles. The van der Waals surface area contributed by atoms with Crippen LogP contribution >= 0.6 is 0 Å². The molecule has 0 atom stereocenters. The summed E-state index contributed by atoms with van der Waals surface area (Å²) in [6.07, 6.45) is 2.51. The number of halogens is 1. The lowest BCUT2D eigenvalue weighted by atomic mass is 10.00. The molecule has 3 aromatic rings. The van der Waals surface area contributed by atoms with Crippen LogP contribution in [0, 0.1) is 5.82 Å². The number of hydrogen-bond acceptors (Lipinski definition) is 4. The summed E-state index contributed by atoms with van der Waals surface area (Å²) in [4.78, 5) is 28.2. The molecule has 0 radical (unpaired) electrons. The van der Waals surface area contributed by atoms with Crippen LogP contribution in [-0.4, -0.2) is 27.9 Å². The molecule has 0 fully saturated rings. The highest BCUT2D eigenvalue weighted by Crippen LogP contribution is 2.28. The summed E-state index contributed by atoms with van der Waals surface area (Å²) in [5.41, 5.74) is 0.981. The molecule has 7 heteroatoms. The minimum atomic E-state index is -0.511. The van der Waals surface area contributed by atoms with E-state index >= 15 is 0 Å². The maximum atomic E-state index is 13.3. The van der Waals surface area contributed by atoms with Crippen LogP contribution in [0.3, 0.4) is 0 Å². The molecular weight excluding hydrogens is 375 g/mol. The van der Waals surface area contributed by atoms with Crippen molar-refractivity contribution in [3.8, 4) is 5.75 Å². The summed E-state index contributed by atoms with van der Waals surface area (Å²) in [7, 11) is 0. The van der Waals surface area contributed by atoms with Crippen LogP contribution < -0.4 is 16.0 Å². The van der Waals surface area contributed by atoms with Crippen LogP contribution in [0.15, 0.2) is 46.0 Å². The fraction of sp³-hybridized carbons (Fsp3) is 0.364. The summed E-state index contributed by atoms with van der Waals surface area (Å²) < 4.78 is 20.3. The fourth-order valence-corrected chi connectivity index (χ4v) is 3.26. The first-order valence-corrected chi connectivity index (χ1v) is 9.82. The zero-order valence-electron chi connectivity index (χ0n) is 16.4. The molecule has 0 unspecified atom stereocenters. The number of fused-ring (bicyclic) bond motifs is 1. The molecule has 2 N–H and O–H groups in total. The fourth-order valence-electron chi connectivity index (χ4n) is 3.26. The standard InChI is InChI=1S/C22H25FN2O4/c1-2-3-13-29-19-10-9-18-20(17(19)14-15-5-7-16(23)8-6-15)21(27)25(11-4-12-26)22(28)24-18/h5-10,26H,2-4,11-14H2,1H3,(H,24,28). The Bertz CT molecular complexity index is 1090. The van der Waals surface area contributed by atoms with Gasteiger partial charge in [-0.3, -0.25) is 9.36 Å². The molecule has 1 aromatic heterocycles. The molecule has 154 valence electrons. The van der Waals surface area contributed by atoms with Gasteiger partial charge in [-0.15, -0.1) is 0 Å². The lowest BCUT2D eigenvalue weighted by molar-refractivity contribution is 0.278. The number of aliphatic hydroxyl groups excluding tert-OH is 1. The molecule has 29 heavy (non-hydrogen) atoms. The van der Waals surface area contributed by atoms with Crippen LogP contribution in [0.1, 0.15) is 37.3 Å². The van der Waals surface area contributed by atoms with E-state index in [1.54, 1.807) is 24.3 Å². The maximum absolute atomic E-state index is 13.3. The highest BCUT2D eigenvalue weighted by Gasteiger charge is 2.16. The second-order valence-electron chi connectivity index (χ2n) is 6.93. The molecule has 0 saturated carbocycles. The third-order valence-electron chi connectivity index (χ3n) is 4.81. The first kappa shape index (κ1) is 20.8. The Morgan fingerprint density at radius 2 is 1.86 bits per heavy atom. The predicted molar refractivity (Wildman–Crippen MR) is 110 cm³/mol. The van der Waals surface area contributed by atoms with Gasteiger partial charge in [0.1, 0.15) is 11.6 Å². The van der Waals surface area contributed by atoms with Gasteiger partial charge in [0.15, 0.2) is 0 Å². The Morgan fingerprint density at radius 3 is 2.55 bits per heavy atom. The van der Waals surface area contributed by atoms with Crippen LogP contribution in [0.5, 0.6) is 5.75 Å². The molecule has 3 rings (SSSR count). The van der Waals surface area contributed by atoms with Gasteiger partial charge in [-0.1, -0.05) is 25.5 Å². The molecule has 2 aromatic carbocycles. The maximum Gasteiger partial charge on any atom is 0.328 e. The molecule has 0 bridgehead atoms. The number of H-pyrrole nitrogens is 1.